The number of rotatable bonds is 6. The first-order valence-electron chi connectivity index (χ1n) is 9.23. The standard InChI is InChI=1S/C20H25N3O4/c1-14-11-18(15(2)27-14)13-22-9-7-16(8-10-22)12-21-20(24)17-3-5-19(6-4-17)23(25)26/h3-6,11,16H,7-10,12-13H2,1-2H3,(H,21,24). The Labute approximate surface area is 158 Å². The van der Waals surface area contributed by atoms with E-state index in [1.807, 2.05) is 13.8 Å². The number of nitro groups is 1. The summed E-state index contributed by atoms with van der Waals surface area (Å²) in [6, 6.07) is 7.79. The lowest BCUT2D eigenvalue weighted by molar-refractivity contribution is -0.384. The molecule has 1 N–H and O–H groups in total. The van der Waals surface area contributed by atoms with E-state index in [0.717, 1.165) is 44.0 Å². The number of nitro benzene ring substituents is 1. The molecule has 1 amide bonds. The zero-order valence-corrected chi connectivity index (χ0v) is 15.7. The molecule has 1 aliphatic rings. The molecule has 1 fully saturated rings. The minimum atomic E-state index is -0.470. The van der Waals surface area contributed by atoms with Crippen LogP contribution in [0.2, 0.25) is 0 Å². The Morgan fingerprint density at radius 2 is 1.93 bits per heavy atom. The van der Waals surface area contributed by atoms with Crippen molar-refractivity contribution < 1.29 is 14.1 Å². The van der Waals surface area contributed by atoms with E-state index in [2.05, 4.69) is 16.3 Å². The van der Waals surface area contributed by atoms with E-state index >= 15 is 0 Å². The molecule has 144 valence electrons. The number of carbonyl (C=O) groups excluding carboxylic acids is 1. The van der Waals surface area contributed by atoms with Crippen molar-refractivity contribution in [2.24, 2.45) is 5.92 Å². The van der Waals surface area contributed by atoms with Crippen molar-refractivity contribution in [3.8, 4) is 0 Å². The van der Waals surface area contributed by atoms with Gasteiger partial charge in [-0.15, -0.1) is 0 Å². The number of hydrogen-bond donors (Lipinski definition) is 1. The number of amides is 1. The fraction of sp³-hybridized carbons (Fsp3) is 0.450. The van der Waals surface area contributed by atoms with Gasteiger partial charge in [-0.25, -0.2) is 0 Å². The molecule has 0 atom stereocenters. The van der Waals surface area contributed by atoms with Crippen molar-refractivity contribution in [2.75, 3.05) is 19.6 Å². The number of benzene rings is 1. The number of nitrogens with zero attached hydrogens (tertiary/aromatic N) is 2. The average Bonchev–Trinajstić information content (AvgIpc) is 2.98. The second-order valence-electron chi connectivity index (χ2n) is 7.17. The highest BCUT2D eigenvalue weighted by molar-refractivity contribution is 5.94. The third-order valence-electron chi connectivity index (χ3n) is 5.14. The number of hydrogen-bond acceptors (Lipinski definition) is 5. The normalized spacial score (nSPS) is 15.6. The summed E-state index contributed by atoms with van der Waals surface area (Å²) in [5, 5.41) is 13.6. The van der Waals surface area contributed by atoms with Gasteiger partial charge in [0.25, 0.3) is 11.6 Å². The molecule has 3 rings (SSSR count). The summed E-state index contributed by atoms with van der Waals surface area (Å²) in [4.78, 5) is 24.8. The number of piperidine rings is 1. The Bertz CT molecular complexity index is 805. The highest BCUT2D eigenvalue weighted by atomic mass is 16.6. The van der Waals surface area contributed by atoms with Crippen LogP contribution in [0.3, 0.4) is 0 Å². The van der Waals surface area contributed by atoms with Crippen molar-refractivity contribution in [3.63, 3.8) is 0 Å². The van der Waals surface area contributed by atoms with Crippen molar-refractivity contribution in [1.82, 2.24) is 10.2 Å². The van der Waals surface area contributed by atoms with Crippen LogP contribution in [0.5, 0.6) is 0 Å². The Balaban J connectivity index is 1.43. The Hall–Kier alpha value is -2.67. The molecule has 0 bridgehead atoms. The third-order valence-corrected chi connectivity index (χ3v) is 5.14. The van der Waals surface area contributed by atoms with Crippen LogP contribution in [-0.4, -0.2) is 35.4 Å². The Morgan fingerprint density at radius 1 is 1.26 bits per heavy atom. The lowest BCUT2D eigenvalue weighted by Crippen LogP contribution is -2.38. The summed E-state index contributed by atoms with van der Waals surface area (Å²) in [7, 11) is 0. The first kappa shape index (κ1) is 19.1. The summed E-state index contributed by atoms with van der Waals surface area (Å²) in [5.41, 5.74) is 1.68. The van der Waals surface area contributed by atoms with Gasteiger partial charge in [0.05, 0.1) is 4.92 Å². The van der Waals surface area contributed by atoms with Gasteiger partial charge in [0.1, 0.15) is 11.5 Å². The Kier molecular flexibility index (Phi) is 5.91. The lowest BCUT2D eigenvalue weighted by Gasteiger charge is -2.31. The van der Waals surface area contributed by atoms with Gasteiger partial charge in [0.15, 0.2) is 0 Å². The highest BCUT2D eigenvalue weighted by Gasteiger charge is 2.21. The van der Waals surface area contributed by atoms with Gasteiger partial charge in [-0.3, -0.25) is 19.8 Å². The fourth-order valence-corrected chi connectivity index (χ4v) is 3.50. The van der Waals surface area contributed by atoms with Crippen LogP contribution in [0.4, 0.5) is 5.69 Å². The van der Waals surface area contributed by atoms with E-state index in [4.69, 9.17) is 4.42 Å². The zero-order valence-electron chi connectivity index (χ0n) is 15.7. The number of likely N-dealkylation sites (tertiary alicyclic amines) is 1. The molecular weight excluding hydrogens is 346 g/mol. The molecule has 0 unspecified atom stereocenters. The van der Waals surface area contributed by atoms with Gasteiger partial charge in [-0.05, 0) is 63.9 Å². The van der Waals surface area contributed by atoms with E-state index in [-0.39, 0.29) is 11.6 Å². The second-order valence-corrected chi connectivity index (χ2v) is 7.17. The SMILES string of the molecule is Cc1cc(CN2CCC(CNC(=O)c3ccc([N+](=O)[O-])cc3)CC2)c(C)o1. The molecule has 0 radical (unpaired) electrons. The van der Waals surface area contributed by atoms with Crippen LogP contribution in [0, 0.1) is 29.9 Å². The first-order valence-corrected chi connectivity index (χ1v) is 9.23. The van der Waals surface area contributed by atoms with Crippen LogP contribution in [-0.2, 0) is 6.54 Å². The number of furan rings is 1. The minimum absolute atomic E-state index is 0.0121. The largest absolute Gasteiger partial charge is 0.466 e. The van der Waals surface area contributed by atoms with Crippen LogP contribution in [0.25, 0.3) is 0 Å². The summed E-state index contributed by atoms with van der Waals surface area (Å²) in [6.45, 7) is 7.52. The van der Waals surface area contributed by atoms with Crippen LogP contribution in [0.15, 0.2) is 34.7 Å². The molecule has 7 heteroatoms. The number of carbonyl (C=O) groups is 1. The van der Waals surface area contributed by atoms with Gasteiger partial charge in [-0.2, -0.15) is 0 Å². The maximum absolute atomic E-state index is 12.2. The molecule has 1 aromatic heterocycles. The van der Waals surface area contributed by atoms with Crippen LogP contribution in [0.1, 0.15) is 40.3 Å². The van der Waals surface area contributed by atoms with Crippen LogP contribution < -0.4 is 5.32 Å². The third kappa shape index (κ3) is 4.95. The van der Waals surface area contributed by atoms with Crippen LogP contribution >= 0.6 is 0 Å². The van der Waals surface area contributed by atoms with Crippen molar-refractivity contribution >= 4 is 11.6 Å². The monoisotopic (exact) mass is 371 g/mol. The molecule has 7 nitrogen and oxygen atoms in total. The topological polar surface area (TPSA) is 88.6 Å². The predicted octanol–water partition coefficient (Wildman–Crippen LogP) is 3.45. The maximum atomic E-state index is 12.2. The number of nitrogens with one attached hydrogen (secondary N) is 1. The van der Waals surface area contributed by atoms with Gasteiger partial charge < -0.3 is 9.73 Å². The molecule has 0 aliphatic carbocycles. The molecule has 2 heterocycles. The molecule has 0 spiro atoms. The Morgan fingerprint density at radius 3 is 2.48 bits per heavy atom. The first-order chi connectivity index (χ1) is 12.9. The lowest BCUT2D eigenvalue weighted by atomic mass is 9.96. The fourth-order valence-electron chi connectivity index (χ4n) is 3.50. The summed E-state index contributed by atoms with van der Waals surface area (Å²) in [6.07, 6.45) is 2.08. The maximum Gasteiger partial charge on any atom is 0.269 e. The van der Waals surface area contributed by atoms with E-state index in [1.54, 1.807) is 0 Å². The molecule has 1 aromatic carbocycles. The van der Waals surface area contributed by atoms with E-state index in [1.165, 1.54) is 29.8 Å². The minimum Gasteiger partial charge on any atom is -0.466 e. The molecule has 2 aromatic rings. The molecule has 1 aliphatic heterocycles. The summed E-state index contributed by atoms with van der Waals surface area (Å²) >= 11 is 0. The molecule has 1 saturated heterocycles. The predicted molar refractivity (Wildman–Crippen MR) is 102 cm³/mol. The molecule has 0 saturated carbocycles. The van der Waals surface area contributed by atoms with Gasteiger partial charge in [0.2, 0.25) is 0 Å². The number of aryl methyl sites for hydroxylation is 2. The van der Waals surface area contributed by atoms with Gasteiger partial charge >= 0.3 is 0 Å². The van der Waals surface area contributed by atoms with Gasteiger partial charge in [-0.1, -0.05) is 0 Å². The average molecular weight is 371 g/mol. The van der Waals surface area contributed by atoms with Crippen molar-refractivity contribution in [1.29, 1.82) is 0 Å². The van der Waals surface area contributed by atoms with Crippen molar-refractivity contribution in [2.45, 2.75) is 33.2 Å². The zero-order chi connectivity index (χ0) is 19.4. The summed E-state index contributed by atoms with van der Waals surface area (Å²) in [5.74, 6) is 2.21. The smallest absolute Gasteiger partial charge is 0.269 e. The van der Waals surface area contributed by atoms with E-state index < -0.39 is 4.92 Å². The molecule has 27 heavy (non-hydrogen) atoms. The highest BCUT2D eigenvalue weighted by Crippen LogP contribution is 2.21. The van der Waals surface area contributed by atoms with E-state index in [9.17, 15) is 14.9 Å². The second kappa shape index (κ2) is 8.35. The quantitative estimate of drug-likeness (QED) is 0.621. The summed E-state index contributed by atoms with van der Waals surface area (Å²) < 4.78 is 5.59. The van der Waals surface area contributed by atoms with Crippen molar-refractivity contribution in [3.05, 3.63) is 63.1 Å². The van der Waals surface area contributed by atoms with E-state index in [0.29, 0.717) is 18.0 Å². The molecular formula is C20H25N3O4. The number of non-ortho nitro benzene ring substituents is 1. The van der Waals surface area contributed by atoms with Gasteiger partial charge in [0, 0.05) is 36.3 Å².